The van der Waals surface area contributed by atoms with Gasteiger partial charge in [0, 0.05) is 12.2 Å². The monoisotopic (exact) mass is 315 g/mol. The zero-order valence-corrected chi connectivity index (χ0v) is 13.2. The minimum Gasteiger partial charge on any atom is -0.465 e. The fourth-order valence-corrected chi connectivity index (χ4v) is 3.02. The molecule has 0 aliphatic carbocycles. The molecule has 0 aliphatic rings. The summed E-state index contributed by atoms with van der Waals surface area (Å²) in [5, 5.41) is 0. The molecule has 0 aliphatic heterocycles. The van der Waals surface area contributed by atoms with E-state index in [0.717, 1.165) is 6.54 Å². The van der Waals surface area contributed by atoms with Gasteiger partial charge in [0.15, 0.2) is 0 Å². The van der Waals surface area contributed by atoms with Crippen molar-refractivity contribution in [2.45, 2.75) is 11.3 Å². The number of sulfonamides is 1. The van der Waals surface area contributed by atoms with Crippen molar-refractivity contribution in [2.24, 2.45) is 0 Å². The van der Waals surface area contributed by atoms with E-state index in [-0.39, 0.29) is 22.7 Å². The number of hydrogen-bond acceptors (Lipinski definition) is 6. The summed E-state index contributed by atoms with van der Waals surface area (Å²) in [5.41, 5.74) is 5.83. The summed E-state index contributed by atoms with van der Waals surface area (Å²) in [6.45, 7) is 1.03. The van der Waals surface area contributed by atoms with Crippen LogP contribution in [0.4, 0.5) is 5.69 Å². The average molecular weight is 315 g/mol. The van der Waals surface area contributed by atoms with Crippen LogP contribution in [0.1, 0.15) is 16.8 Å². The molecule has 0 aromatic heterocycles. The summed E-state index contributed by atoms with van der Waals surface area (Å²) in [5.74, 6) is -0.719. The Morgan fingerprint density at radius 2 is 2.05 bits per heavy atom. The minimum absolute atomic E-state index is 0.0354. The highest BCUT2D eigenvalue weighted by molar-refractivity contribution is 7.89. The number of nitrogens with two attached hydrogens (primary N) is 1. The second-order valence-corrected chi connectivity index (χ2v) is 6.54. The van der Waals surface area contributed by atoms with Gasteiger partial charge in [-0.05, 0) is 45.3 Å². The van der Waals surface area contributed by atoms with Gasteiger partial charge in [-0.3, -0.25) is 0 Å². The highest BCUT2D eigenvalue weighted by Crippen LogP contribution is 2.20. The molecule has 0 saturated heterocycles. The summed E-state index contributed by atoms with van der Waals surface area (Å²) < 4.78 is 31.6. The van der Waals surface area contributed by atoms with Crippen LogP contribution in [0.15, 0.2) is 23.1 Å². The maximum atomic E-state index is 12.3. The first-order valence-electron chi connectivity index (χ1n) is 6.40. The maximum absolute atomic E-state index is 12.3. The third-order valence-corrected chi connectivity index (χ3v) is 4.28. The molecule has 3 N–H and O–H groups in total. The first-order valence-corrected chi connectivity index (χ1v) is 7.88. The van der Waals surface area contributed by atoms with Gasteiger partial charge in [-0.15, -0.1) is 0 Å². The summed E-state index contributed by atoms with van der Waals surface area (Å²) in [4.78, 5) is 13.4. The summed E-state index contributed by atoms with van der Waals surface area (Å²) in [6, 6.07) is 4.05. The van der Waals surface area contributed by atoms with Crippen LogP contribution in [0.3, 0.4) is 0 Å². The lowest BCUT2D eigenvalue weighted by atomic mass is 10.2. The molecule has 0 saturated carbocycles. The lowest BCUT2D eigenvalue weighted by Crippen LogP contribution is -2.28. The van der Waals surface area contributed by atoms with E-state index in [1.165, 1.54) is 25.3 Å². The molecule has 0 unspecified atom stereocenters. The fourth-order valence-electron chi connectivity index (χ4n) is 1.72. The van der Waals surface area contributed by atoms with E-state index in [4.69, 9.17) is 5.73 Å². The molecule has 7 nitrogen and oxygen atoms in total. The van der Waals surface area contributed by atoms with Crippen molar-refractivity contribution in [1.82, 2.24) is 9.62 Å². The van der Waals surface area contributed by atoms with E-state index in [1.54, 1.807) is 0 Å². The van der Waals surface area contributed by atoms with E-state index in [0.29, 0.717) is 6.42 Å². The quantitative estimate of drug-likeness (QED) is 0.426. The highest BCUT2D eigenvalue weighted by Gasteiger charge is 2.23. The molecule has 0 spiro atoms. The number of esters is 1. The normalized spacial score (nSPS) is 11.6. The molecule has 0 heterocycles. The molecule has 1 aromatic rings. The van der Waals surface area contributed by atoms with Gasteiger partial charge in [-0.1, -0.05) is 0 Å². The number of anilines is 1. The van der Waals surface area contributed by atoms with Crippen LogP contribution in [-0.4, -0.2) is 53.6 Å². The number of nitrogen functional groups attached to an aromatic ring is 1. The molecule has 0 atom stereocenters. The average Bonchev–Trinajstić information content (AvgIpc) is 2.42. The predicted octanol–water partition coefficient (Wildman–Crippen LogP) is 0.285. The molecule has 1 aromatic carbocycles. The highest BCUT2D eigenvalue weighted by atomic mass is 32.2. The van der Waals surface area contributed by atoms with Crippen molar-refractivity contribution in [3.63, 3.8) is 0 Å². The predicted molar refractivity (Wildman–Crippen MR) is 80.6 cm³/mol. The largest absolute Gasteiger partial charge is 0.465 e. The topological polar surface area (TPSA) is 102 Å². The second kappa shape index (κ2) is 7.39. The lowest BCUT2D eigenvalue weighted by molar-refractivity contribution is 0.0596. The van der Waals surface area contributed by atoms with Crippen LogP contribution >= 0.6 is 0 Å². The Labute approximate surface area is 125 Å². The van der Waals surface area contributed by atoms with Gasteiger partial charge in [0.25, 0.3) is 0 Å². The number of rotatable bonds is 7. The smallest absolute Gasteiger partial charge is 0.339 e. The van der Waals surface area contributed by atoms with Gasteiger partial charge >= 0.3 is 5.97 Å². The van der Waals surface area contributed by atoms with Crippen molar-refractivity contribution in [3.8, 4) is 0 Å². The molecule has 118 valence electrons. The van der Waals surface area contributed by atoms with Crippen molar-refractivity contribution in [1.29, 1.82) is 0 Å². The number of benzene rings is 1. The molecule has 0 radical (unpaired) electrons. The first kappa shape index (κ1) is 17.4. The molecule has 8 heteroatoms. The molecule has 1 rings (SSSR count). The Morgan fingerprint density at radius 1 is 1.38 bits per heavy atom. The zero-order valence-electron chi connectivity index (χ0n) is 12.4. The van der Waals surface area contributed by atoms with E-state index in [9.17, 15) is 13.2 Å². The Bertz CT molecular complexity index is 599. The van der Waals surface area contributed by atoms with Crippen LogP contribution in [0.5, 0.6) is 0 Å². The van der Waals surface area contributed by atoms with Crippen molar-refractivity contribution >= 4 is 21.7 Å². The fraction of sp³-hybridized carbons (Fsp3) is 0.462. The van der Waals surface area contributed by atoms with Crippen molar-refractivity contribution < 1.29 is 17.9 Å². The molecule has 0 bridgehead atoms. The minimum atomic E-state index is -3.82. The summed E-state index contributed by atoms with van der Waals surface area (Å²) >= 11 is 0. The molecular weight excluding hydrogens is 294 g/mol. The number of nitrogens with zero attached hydrogens (tertiary/aromatic N) is 1. The third kappa shape index (κ3) is 5.00. The number of carbonyl (C=O) groups excluding carboxylic acids is 1. The molecule has 0 amide bonds. The van der Waals surface area contributed by atoms with Crippen molar-refractivity contribution in [3.05, 3.63) is 23.8 Å². The van der Waals surface area contributed by atoms with Crippen LogP contribution < -0.4 is 10.5 Å². The number of hydrogen-bond donors (Lipinski definition) is 2. The molecule has 0 fully saturated rings. The Hall–Kier alpha value is -1.64. The third-order valence-electron chi connectivity index (χ3n) is 2.77. The number of carbonyl (C=O) groups is 1. The number of ether oxygens (including phenoxy) is 1. The second-order valence-electron chi connectivity index (χ2n) is 4.80. The van der Waals surface area contributed by atoms with Gasteiger partial charge in [-0.25, -0.2) is 17.9 Å². The Morgan fingerprint density at radius 3 is 2.62 bits per heavy atom. The maximum Gasteiger partial charge on any atom is 0.339 e. The summed E-state index contributed by atoms with van der Waals surface area (Å²) in [6.07, 6.45) is 0.655. The van der Waals surface area contributed by atoms with Gasteiger partial charge in [-0.2, -0.15) is 0 Å². The van der Waals surface area contributed by atoms with Crippen molar-refractivity contribution in [2.75, 3.05) is 40.0 Å². The molecule has 21 heavy (non-hydrogen) atoms. The van der Waals surface area contributed by atoms with E-state index >= 15 is 0 Å². The molecular formula is C13H21N3O4S. The van der Waals surface area contributed by atoms with Gasteiger partial charge in [0.05, 0.1) is 17.6 Å². The Kier molecular flexibility index (Phi) is 6.13. The van der Waals surface area contributed by atoms with E-state index in [1.807, 2.05) is 19.0 Å². The zero-order chi connectivity index (χ0) is 16.0. The van der Waals surface area contributed by atoms with Crippen LogP contribution in [-0.2, 0) is 14.8 Å². The van der Waals surface area contributed by atoms with E-state index in [2.05, 4.69) is 9.46 Å². The SMILES string of the molecule is COC(=O)c1ccc(N)cc1S(=O)(=O)NCCCN(C)C. The van der Waals surface area contributed by atoms with Crippen LogP contribution in [0, 0.1) is 0 Å². The number of nitrogens with one attached hydrogen (secondary N) is 1. The Balaban J connectivity index is 2.96. The van der Waals surface area contributed by atoms with Crippen LogP contribution in [0.25, 0.3) is 0 Å². The van der Waals surface area contributed by atoms with Gasteiger partial charge in [0.2, 0.25) is 10.0 Å². The first-order chi connectivity index (χ1) is 9.77. The lowest BCUT2D eigenvalue weighted by Gasteiger charge is -2.12. The van der Waals surface area contributed by atoms with Gasteiger partial charge < -0.3 is 15.4 Å². The van der Waals surface area contributed by atoms with Crippen LogP contribution in [0.2, 0.25) is 0 Å². The summed E-state index contributed by atoms with van der Waals surface area (Å²) in [7, 11) is 1.19. The van der Waals surface area contributed by atoms with E-state index < -0.39 is 16.0 Å². The van der Waals surface area contributed by atoms with Gasteiger partial charge in [0.1, 0.15) is 0 Å². The standard InChI is InChI=1S/C13H21N3O4S/c1-16(2)8-4-7-15-21(18,19)12-9-10(14)5-6-11(12)13(17)20-3/h5-6,9,15H,4,7-8,14H2,1-3H3. The number of methoxy groups -OCH3 is 1.